The number of ether oxygens (including phenoxy) is 1. The number of fused-ring (bicyclic) bond motifs is 5. The van der Waals surface area contributed by atoms with E-state index >= 15 is 0 Å². The smallest absolute Gasteiger partial charge is 0.160 e. The Morgan fingerprint density at radius 1 is 0.737 bits per heavy atom. The van der Waals surface area contributed by atoms with E-state index in [0.29, 0.717) is 11.8 Å². The molecule has 5 saturated carbocycles. The second-order valence-electron chi connectivity index (χ2n) is 6.98. The van der Waals surface area contributed by atoms with Gasteiger partial charge in [0, 0.05) is 0 Å². The molecule has 5 aliphatic carbocycles. The number of epoxide rings is 1. The predicted octanol–water partition coefficient (Wildman–Crippen LogP) is 3.62. The van der Waals surface area contributed by atoms with Gasteiger partial charge in [0.2, 0.25) is 0 Å². The first kappa shape index (κ1) is 12.2. The first-order chi connectivity index (χ1) is 8.75. The van der Waals surface area contributed by atoms with Crippen molar-refractivity contribution in [3.05, 3.63) is 0 Å². The van der Waals surface area contributed by atoms with Crippen LogP contribution in [0.2, 0.25) is 0 Å². The molecule has 0 radical (unpaired) electrons. The van der Waals surface area contributed by atoms with E-state index in [-0.39, 0.29) is 30.0 Å². The van der Waals surface area contributed by atoms with Crippen molar-refractivity contribution in [2.24, 2.45) is 29.6 Å². The average Bonchev–Trinajstić information content (AvgIpc) is 2.89. The van der Waals surface area contributed by atoms with Crippen LogP contribution in [-0.2, 0) is 4.74 Å². The lowest BCUT2D eigenvalue weighted by Gasteiger charge is -2.53. The lowest BCUT2D eigenvalue weighted by molar-refractivity contribution is 0.0874. The van der Waals surface area contributed by atoms with Crippen LogP contribution < -0.4 is 0 Å². The quantitative estimate of drug-likeness (QED) is 0.462. The second kappa shape index (κ2) is 2.68. The SMILES string of the molecule is Cl[C@@H]1[C@@]2(Cl)[C@H]3[C@@H]4[C@H]5O[C@H]5[C@H]5[C@@H]4[C@]1(Cl)[C@](Cl)([C@H]53)C2(Cl)Cl. The molecule has 0 spiro atoms. The summed E-state index contributed by atoms with van der Waals surface area (Å²) in [5, 5.41) is -0.499. The van der Waals surface area contributed by atoms with Crippen LogP contribution in [0.25, 0.3) is 0 Å². The third kappa shape index (κ3) is 0.718. The molecule has 19 heavy (non-hydrogen) atoms. The molecule has 1 aliphatic heterocycles. The number of hydrogen-bond acceptors (Lipinski definition) is 1. The zero-order chi connectivity index (χ0) is 13.3. The highest BCUT2D eigenvalue weighted by atomic mass is 35.5. The molecule has 0 unspecified atom stereocenters. The molecule has 104 valence electrons. The standard InChI is InChI=1S/C12H8Cl6O/c13-8-9(14)3-1-4-5(2(3)7-6(1)19-7)11(9,16)12(17,18)10(4,8)15/h1-8H/t1-,2+,3-,4+,5-,6-,7+,8+,9-,10+,11-/m1/s1. The molecule has 0 aromatic heterocycles. The molecule has 1 saturated heterocycles. The Morgan fingerprint density at radius 2 is 1.32 bits per heavy atom. The number of hydrogen-bond donors (Lipinski definition) is 0. The molecule has 0 N–H and O–H groups in total. The van der Waals surface area contributed by atoms with Crippen LogP contribution in [0.3, 0.4) is 0 Å². The van der Waals surface area contributed by atoms with E-state index in [1.165, 1.54) is 0 Å². The van der Waals surface area contributed by atoms with Crippen molar-refractivity contribution < 1.29 is 4.74 Å². The Morgan fingerprint density at radius 3 is 1.95 bits per heavy atom. The highest BCUT2D eigenvalue weighted by molar-refractivity contribution is 6.63. The molecule has 7 heteroatoms. The highest BCUT2D eigenvalue weighted by Crippen LogP contribution is 2.94. The van der Waals surface area contributed by atoms with Gasteiger partial charge in [-0.2, -0.15) is 0 Å². The maximum atomic E-state index is 6.99. The molecule has 1 nitrogen and oxygen atoms in total. The molecular weight excluding hydrogens is 373 g/mol. The molecule has 6 rings (SSSR count). The summed E-state index contributed by atoms with van der Waals surface area (Å²) in [4.78, 5) is -2.70. The van der Waals surface area contributed by atoms with Crippen molar-refractivity contribution in [3.63, 3.8) is 0 Å². The maximum Gasteiger partial charge on any atom is 0.160 e. The summed E-state index contributed by atoms with van der Waals surface area (Å²) in [6.07, 6.45) is 0.556. The molecule has 6 fully saturated rings. The Hall–Kier alpha value is 1.70. The van der Waals surface area contributed by atoms with Crippen molar-refractivity contribution in [2.75, 3.05) is 0 Å². The zero-order valence-electron chi connectivity index (χ0n) is 9.29. The number of halogens is 6. The minimum atomic E-state index is -1.29. The van der Waals surface area contributed by atoms with Crippen LogP contribution >= 0.6 is 69.6 Å². The molecule has 0 aromatic rings. The first-order valence-electron chi connectivity index (χ1n) is 6.49. The van der Waals surface area contributed by atoms with Crippen molar-refractivity contribution in [2.45, 2.75) is 36.5 Å². The van der Waals surface area contributed by atoms with Crippen LogP contribution in [0, 0.1) is 29.6 Å². The minimum Gasteiger partial charge on any atom is -0.369 e. The molecule has 6 aliphatic rings. The third-order valence-electron chi connectivity index (χ3n) is 7.03. The van der Waals surface area contributed by atoms with Gasteiger partial charge >= 0.3 is 0 Å². The first-order valence-corrected chi connectivity index (χ1v) is 8.82. The maximum absolute atomic E-state index is 6.99. The Balaban J connectivity index is 1.75. The van der Waals surface area contributed by atoms with E-state index in [0.717, 1.165) is 0 Å². The minimum absolute atomic E-state index is 0.128. The van der Waals surface area contributed by atoms with Gasteiger partial charge < -0.3 is 4.74 Å². The van der Waals surface area contributed by atoms with Gasteiger partial charge in [-0.25, -0.2) is 0 Å². The molecule has 11 atom stereocenters. The average molecular weight is 381 g/mol. The summed E-state index contributed by atoms with van der Waals surface area (Å²) in [5.74, 6) is 1.17. The molecule has 6 bridgehead atoms. The Kier molecular flexibility index (Phi) is 1.72. The van der Waals surface area contributed by atoms with Gasteiger partial charge in [-0.05, 0) is 29.6 Å². The lowest BCUT2D eigenvalue weighted by Crippen LogP contribution is -2.64. The predicted molar refractivity (Wildman–Crippen MR) is 75.9 cm³/mol. The van der Waals surface area contributed by atoms with Gasteiger partial charge in [0.05, 0.1) is 22.5 Å². The van der Waals surface area contributed by atoms with Gasteiger partial charge in [0.15, 0.2) is 4.33 Å². The molecule has 0 amide bonds. The summed E-state index contributed by atoms with van der Waals surface area (Å²) in [6.45, 7) is 0. The van der Waals surface area contributed by atoms with Crippen LogP contribution in [0.5, 0.6) is 0 Å². The topological polar surface area (TPSA) is 12.5 Å². The Bertz CT molecular complexity index is 552. The normalized spacial score (nSPS) is 83.1. The summed E-state index contributed by atoms with van der Waals surface area (Å²) in [5.41, 5.74) is 0. The van der Waals surface area contributed by atoms with Crippen LogP contribution in [0.15, 0.2) is 0 Å². The molecule has 0 aromatic carbocycles. The van der Waals surface area contributed by atoms with Gasteiger partial charge in [-0.15, -0.1) is 46.4 Å². The van der Waals surface area contributed by atoms with Gasteiger partial charge in [-0.1, -0.05) is 23.2 Å². The fraction of sp³-hybridized carbons (Fsp3) is 1.00. The van der Waals surface area contributed by atoms with Gasteiger partial charge in [-0.3, -0.25) is 0 Å². The fourth-order valence-corrected chi connectivity index (χ4v) is 10.8. The summed E-state index contributed by atoms with van der Waals surface area (Å²) in [6, 6.07) is 0. The van der Waals surface area contributed by atoms with E-state index in [2.05, 4.69) is 0 Å². The van der Waals surface area contributed by atoms with E-state index in [9.17, 15) is 0 Å². The van der Waals surface area contributed by atoms with Crippen molar-refractivity contribution in [1.29, 1.82) is 0 Å². The van der Waals surface area contributed by atoms with E-state index in [1.807, 2.05) is 0 Å². The van der Waals surface area contributed by atoms with Gasteiger partial charge in [0.1, 0.15) is 9.75 Å². The van der Waals surface area contributed by atoms with Crippen LogP contribution in [0.4, 0.5) is 0 Å². The molecular formula is C12H8Cl6O. The van der Waals surface area contributed by atoms with Crippen LogP contribution in [0.1, 0.15) is 0 Å². The van der Waals surface area contributed by atoms with Crippen molar-refractivity contribution >= 4 is 69.6 Å². The summed E-state index contributed by atoms with van der Waals surface area (Å²) >= 11 is 40.8. The molecule has 1 heterocycles. The summed E-state index contributed by atoms with van der Waals surface area (Å²) < 4.78 is 4.49. The summed E-state index contributed by atoms with van der Waals surface area (Å²) in [7, 11) is 0. The number of alkyl halides is 6. The van der Waals surface area contributed by atoms with E-state index in [1.54, 1.807) is 0 Å². The largest absolute Gasteiger partial charge is 0.369 e. The van der Waals surface area contributed by atoms with Gasteiger partial charge in [0.25, 0.3) is 0 Å². The fourth-order valence-electron chi connectivity index (χ4n) is 6.79. The van der Waals surface area contributed by atoms with Crippen molar-refractivity contribution in [1.82, 2.24) is 0 Å². The van der Waals surface area contributed by atoms with E-state index in [4.69, 9.17) is 74.3 Å². The third-order valence-corrected chi connectivity index (χ3v) is 12.0. The van der Waals surface area contributed by atoms with E-state index < -0.39 is 24.3 Å². The second-order valence-corrected chi connectivity index (χ2v) is 10.6. The van der Waals surface area contributed by atoms with Crippen LogP contribution in [-0.4, -0.2) is 36.5 Å². The monoisotopic (exact) mass is 378 g/mol. The lowest BCUT2D eigenvalue weighted by atomic mass is 9.62. The zero-order valence-corrected chi connectivity index (χ0v) is 13.8. The number of rotatable bonds is 0. The highest BCUT2D eigenvalue weighted by Gasteiger charge is 3.04. The Labute approximate surface area is 140 Å². The van der Waals surface area contributed by atoms with Crippen molar-refractivity contribution in [3.8, 4) is 0 Å².